The molecule has 0 amide bonds. The lowest BCUT2D eigenvalue weighted by molar-refractivity contribution is -0.216. The summed E-state index contributed by atoms with van der Waals surface area (Å²) in [6.45, 7) is 2.67. The van der Waals surface area contributed by atoms with Gasteiger partial charge in [0.1, 0.15) is 5.75 Å². The number of hydrogen-bond donors (Lipinski definition) is 0. The molecule has 1 aromatic rings. The zero-order valence-electron chi connectivity index (χ0n) is 12.3. The van der Waals surface area contributed by atoms with Crippen LogP contribution in [0.25, 0.3) is 0 Å². The molecule has 0 fully saturated rings. The molecule has 0 saturated heterocycles. The van der Waals surface area contributed by atoms with Crippen molar-refractivity contribution < 1.29 is 32.2 Å². The maximum atomic E-state index is 12.2. The lowest BCUT2D eigenvalue weighted by Gasteiger charge is -2.16. The summed E-state index contributed by atoms with van der Waals surface area (Å²) in [5, 5.41) is 0. The number of alkyl halides is 3. The number of halogens is 3. The predicted molar refractivity (Wildman–Crippen MR) is 72.3 cm³/mol. The van der Waals surface area contributed by atoms with Crippen molar-refractivity contribution in [1.29, 1.82) is 0 Å². The Hall–Kier alpha value is -2.05. The number of aryl methyl sites for hydroxylation is 1. The minimum atomic E-state index is -4.61. The fourth-order valence-corrected chi connectivity index (χ4v) is 1.54. The van der Waals surface area contributed by atoms with E-state index in [2.05, 4.69) is 4.74 Å². The van der Waals surface area contributed by atoms with E-state index in [4.69, 9.17) is 4.74 Å². The van der Waals surface area contributed by atoms with Gasteiger partial charge in [-0.1, -0.05) is 19.1 Å². The normalized spacial score (nSPS) is 12.6. The fourth-order valence-electron chi connectivity index (χ4n) is 1.54. The van der Waals surface area contributed by atoms with Crippen LogP contribution in [0.2, 0.25) is 0 Å². The first-order valence-corrected chi connectivity index (χ1v) is 6.78. The Balaban J connectivity index is 2.41. The van der Waals surface area contributed by atoms with Crippen LogP contribution in [0.5, 0.6) is 5.75 Å². The number of hydrogen-bond acceptors (Lipinski definition) is 4. The van der Waals surface area contributed by atoms with Crippen molar-refractivity contribution >= 4 is 11.9 Å². The highest BCUT2D eigenvalue weighted by Crippen LogP contribution is 2.22. The van der Waals surface area contributed by atoms with Crippen LogP contribution in [0.4, 0.5) is 13.2 Å². The quantitative estimate of drug-likeness (QED) is 0.596. The van der Waals surface area contributed by atoms with Crippen LogP contribution in [0.3, 0.4) is 0 Å². The van der Waals surface area contributed by atoms with Crippen LogP contribution in [0.15, 0.2) is 24.3 Å². The molecule has 0 aliphatic carbocycles. The van der Waals surface area contributed by atoms with Crippen LogP contribution in [-0.2, 0) is 20.7 Å². The van der Waals surface area contributed by atoms with Crippen molar-refractivity contribution in [3.05, 3.63) is 29.8 Å². The first-order chi connectivity index (χ1) is 10.2. The van der Waals surface area contributed by atoms with E-state index < -0.39 is 30.6 Å². The molecular formula is C15H17F3O4. The molecule has 0 aliphatic rings. The van der Waals surface area contributed by atoms with E-state index in [1.54, 1.807) is 18.2 Å². The summed E-state index contributed by atoms with van der Waals surface area (Å²) in [5.41, 5.74) is 0.976. The van der Waals surface area contributed by atoms with E-state index in [1.165, 1.54) is 0 Å². The Bertz CT molecular complexity index is 526. The molecule has 7 heteroatoms. The highest BCUT2D eigenvalue weighted by atomic mass is 19.4. The average molecular weight is 318 g/mol. The fraction of sp³-hybridized carbons (Fsp3) is 0.467. The van der Waals surface area contributed by atoms with Crippen molar-refractivity contribution in [2.75, 3.05) is 0 Å². The molecule has 1 aromatic carbocycles. The first kappa shape index (κ1) is 18.0. The van der Waals surface area contributed by atoms with Gasteiger partial charge in [-0.15, -0.1) is 0 Å². The molecule has 0 saturated carbocycles. The van der Waals surface area contributed by atoms with Crippen LogP contribution in [0.1, 0.15) is 32.3 Å². The summed E-state index contributed by atoms with van der Waals surface area (Å²) in [4.78, 5) is 22.8. The van der Waals surface area contributed by atoms with Gasteiger partial charge in [0.05, 0.1) is 12.8 Å². The van der Waals surface area contributed by atoms with Crippen LogP contribution in [0, 0.1) is 0 Å². The van der Waals surface area contributed by atoms with Crippen LogP contribution in [-0.4, -0.2) is 24.2 Å². The molecule has 22 heavy (non-hydrogen) atoms. The van der Waals surface area contributed by atoms with E-state index in [0.29, 0.717) is 5.75 Å². The van der Waals surface area contributed by atoms with Crippen molar-refractivity contribution in [3.8, 4) is 5.75 Å². The molecule has 1 unspecified atom stereocenters. The minimum absolute atomic E-state index is 0.335. The number of rotatable bonds is 6. The topological polar surface area (TPSA) is 52.6 Å². The monoisotopic (exact) mass is 318 g/mol. The number of ether oxygens (including phenoxy) is 2. The second-order valence-electron chi connectivity index (χ2n) is 4.65. The molecule has 0 bridgehead atoms. The van der Waals surface area contributed by atoms with E-state index in [9.17, 15) is 22.8 Å². The zero-order valence-corrected chi connectivity index (χ0v) is 12.3. The molecule has 0 heterocycles. The molecule has 0 N–H and O–H groups in total. The Labute approximate surface area is 126 Å². The predicted octanol–water partition coefficient (Wildman–Crippen LogP) is 3.43. The van der Waals surface area contributed by atoms with Crippen molar-refractivity contribution in [2.24, 2.45) is 0 Å². The van der Waals surface area contributed by atoms with Gasteiger partial charge in [-0.05, 0) is 31.0 Å². The largest absolute Gasteiger partial charge is 0.453 e. The van der Waals surface area contributed by atoms with Crippen LogP contribution >= 0.6 is 0 Å². The van der Waals surface area contributed by atoms with Crippen molar-refractivity contribution in [3.63, 3.8) is 0 Å². The number of carbonyl (C=O) groups is 2. The minimum Gasteiger partial charge on any atom is -0.453 e. The van der Waals surface area contributed by atoms with Gasteiger partial charge in [-0.2, -0.15) is 13.2 Å². The van der Waals surface area contributed by atoms with Gasteiger partial charge < -0.3 is 9.47 Å². The third-order valence-electron chi connectivity index (χ3n) is 2.84. The first-order valence-electron chi connectivity index (χ1n) is 6.78. The Morgan fingerprint density at radius 1 is 1.18 bits per heavy atom. The van der Waals surface area contributed by atoms with Gasteiger partial charge in [0, 0.05) is 0 Å². The van der Waals surface area contributed by atoms with Gasteiger partial charge >= 0.3 is 18.1 Å². The average Bonchev–Trinajstić information content (AvgIpc) is 2.44. The number of benzene rings is 1. The second kappa shape index (κ2) is 7.82. The summed E-state index contributed by atoms with van der Waals surface area (Å²) in [6.07, 6.45) is -6.85. The molecule has 0 spiro atoms. The molecule has 1 rings (SSSR count). The molecule has 0 aliphatic heterocycles. The summed E-state index contributed by atoms with van der Waals surface area (Å²) < 4.78 is 45.8. The lowest BCUT2D eigenvalue weighted by Crippen LogP contribution is -2.31. The highest BCUT2D eigenvalue weighted by molar-refractivity contribution is 5.79. The maximum Gasteiger partial charge on any atom is 0.425 e. The third-order valence-corrected chi connectivity index (χ3v) is 2.84. The number of esters is 2. The molecule has 122 valence electrons. The Kier molecular flexibility index (Phi) is 6.39. The van der Waals surface area contributed by atoms with E-state index in [0.717, 1.165) is 18.9 Å². The second-order valence-corrected chi connectivity index (χ2v) is 4.65. The Morgan fingerprint density at radius 3 is 2.41 bits per heavy atom. The zero-order chi connectivity index (χ0) is 16.8. The van der Waals surface area contributed by atoms with Crippen molar-refractivity contribution in [1.82, 2.24) is 0 Å². The van der Waals surface area contributed by atoms with Gasteiger partial charge in [0.25, 0.3) is 0 Å². The summed E-state index contributed by atoms with van der Waals surface area (Å²) in [5.74, 6) is -1.46. The van der Waals surface area contributed by atoms with E-state index in [-0.39, 0.29) is 6.42 Å². The molecule has 0 aromatic heterocycles. The SMILES string of the molecule is CCc1cccc(OC(=O)CCC(=O)OC(C)C(F)(F)F)c1. The summed E-state index contributed by atoms with van der Waals surface area (Å²) in [7, 11) is 0. The molecule has 4 nitrogen and oxygen atoms in total. The summed E-state index contributed by atoms with van der Waals surface area (Å²) in [6, 6.07) is 6.86. The number of carbonyl (C=O) groups excluding carboxylic acids is 2. The third kappa shape index (κ3) is 6.15. The molecule has 1 atom stereocenters. The summed E-state index contributed by atoms with van der Waals surface area (Å²) >= 11 is 0. The standard InChI is InChI=1S/C15H17F3O4/c1-3-11-5-4-6-12(9-11)22-14(20)8-7-13(19)21-10(2)15(16,17)18/h4-6,9-10H,3,7-8H2,1-2H3. The van der Waals surface area contributed by atoms with Crippen molar-refractivity contribution in [2.45, 2.75) is 45.4 Å². The lowest BCUT2D eigenvalue weighted by atomic mass is 10.2. The maximum absolute atomic E-state index is 12.2. The van der Waals surface area contributed by atoms with E-state index >= 15 is 0 Å². The Morgan fingerprint density at radius 2 is 1.82 bits per heavy atom. The van der Waals surface area contributed by atoms with Gasteiger partial charge in [0.15, 0.2) is 6.10 Å². The van der Waals surface area contributed by atoms with E-state index in [1.807, 2.05) is 13.0 Å². The smallest absolute Gasteiger partial charge is 0.425 e. The van der Waals surface area contributed by atoms with Gasteiger partial charge in [0.2, 0.25) is 0 Å². The van der Waals surface area contributed by atoms with Crippen LogP contribution < -0.4 is 4.74 Å². The van der Waals surface area contributed by atoms with Gasteiger partial charge in [-0.3, -0.25) is 9.59 Å². The molecular weight excluding hydrogens is 301 g/mol. The highest BCUT2D eigenvalue weighted by Gasteiger charge is 2.39. The van der Waals surface area contributed by atoms with Gasteiger partial charge in [-0.25, -0.2) is 0 Å². The molecule has 0 radical (unpaired) electrons.